The molecule has 0 saturated carbocycles. The maximum Gasteiger partial charge on any atom is 0.147 e. The molecule has 0 aliphatic rings. The lowest BCUT2D eigenvalue weighted by Gasteiger charge is -2.14. The van der Waals surface area contributed by atoms with E-state index < -0.39 is 0 Å². The van der Waals surface area contributed by atoms with Crippen LogP contribution in [0, 0.1) is 0 Å². The number of aryl methyl sites for hydroxylation is 1. The third-order valence-electron chi connectivity index (χ3n) is 2.99. The van der Waals surface area contributed by atoms with Crippen molar-refractivity contribution < 1.29 is 0 Å². The first-order valence-corrected chi connectivity index (χ1v) is 6.58. The van der Waals surface area contributed by atoms with Crippen molar-refractivity contribution in [2.75, 3.05) is 17.7 Å². The maximum atomic E-state index is 4.40. The van der Waals surface area contributed by atoms with E-state index in [-0.39, 0.29) is 0 Å². The fraction of sp³-hybridized carbons (Fsp3) is 0.333. The number of anilines is 2. The molecule has 4 nitrogen and oxygen atoms in total. The van der Waals surface area contributed by atoms with Crippen LogP contribution in [0.2, 0.25) is 0 Å². The molecule has 2 rings (SSSR count). The Morgan fingerprint density at radius 3 is 2.58 bits per heavy atom. The van der Waals surface area contributed by atoms with Crippen LogP contribution in [0.3, 0.4) is 0 Å². The molecule has 0 saturated heterocycles. The summed E-state index contributed by atoms with van der Waals surface area (Å²) in [5, 5.41) is 6.36. The van der Waals surface area contributed by atoms with Crippen molar-refractivity contribution in [1.29, 1.82) is 0 Å². The highest BCUT2D eigenvalue weighted by Crippen LogP contribution is 2.10. The molecular formula is C15H20N4. The van der Waals surface area contributed by atoms with Gasteiger partial charge in [0.25, 0.3) is 0 Å². The molecule has 0 aliphatic heterocycles. The second-order valence-corrected chi connectivity index (χ2v) is 4.61. The first kappa shape index (κ1) is 13.3. The van der Waals surface area contributed by atoms with Crippen molar-refractivity contribution in [2.45, 2.75) is 25.8 Å². The molecule has 2 aromatic rings. The number of benzene rings is 1. The summed E-state index contributed by atoms with van der Waals surface area (Å²) < 4.78 is 0. The Hall–Kier alpha value is -2.10. The quantitative estimate of drug-likeness (QED) is 0.834. The van der Waals surface area contributed by atoms with Crippen molar-refractivity contribution in [3.05, 3.63) is 48.3 Å². The lowest BCUT2D eigenvalue weighted by molar-refractivity contribution is 0.702. The van der Waals surface area contributed by atoms with Crippen molar-refractivity contribution >= 4 is 11.6 Å². The van der Waals surface area contributed by atoms with Crippen molar-refractivity contribution in [1.82, 2.24) is 9.97 Å². The van der Waals surface area contributed by atoms with E-state index in [4.69, 9.17) is 0 Å². The third-order valence-corrected chi connectivity index (χ3v) is 2.99. The number of nitrogens with one attached hydrogen (secondary N) is 2. The van der Waals surface area contributed by atoms with Gasteiger partial charge < -0.3 is 10.6 Å². The summed E-state index contributed by atoms with van der Waals surface area (Å²) in [6.07, 6.45) is 5.59. The molecule has 0 fully saturated rings. The van der Waals surface area contributed by atoms with E-state index in [0.29, 0.717) is 6.04 Å². The van der Waals surface area contributed by atoms with Crippen molar-refractivity contribution in [2.24, 2.45) is 0 Å². The van der Waals surface area contributed by atoms with Gasteiger partial charge in [0.2, 0.25) is 0 Å². The van der Waals surface area contributed by atoms with Crippen molar-refractivity contribution in [3.63, 3.8) is 0 Å². The summed E-state index contributed by atoms with van der Waals surface area (Å²) in [4.78, 5) is 8.54. The van der Waals surface area contributed by atoms with Gasteiger partial charge in [0.05, 0.1) is 12.4 Å². The zero-order valence-corrected chi connectivity index (χ0v) is 11.4. The first-order valence-electron chi connectivity index (χ1n) is 6.58. The van der Waals surface area contributed by atoms with Crippen LogP contribution in [0.1, 0.15) is 18.9 Å². The lowest BCUT2D eigenvalue weighted by Crippen LogP contribution is -2.17. The van der Waals surface area contributed by atoms with E-state index >= 15 is 0 Å². The second kappa shape index (κ2) is 6.73. The van der Waals surface area contributed by atoms with Crippen LogP contribution in [0.15, 0.2) is 42.7 Å². The molecule has 100 valence electrons. The van der Waals surface area contributed by atoms with E-state index in [9.17, 15) is 0 Å². The SMILES string of the molecule is CNc1cncc(NC(C)CCc2ccccc2)n1. The normalized spacial score (nSPS) is 11.9. The summed E-state index contributed by atoms with van der Waals surface area (Å²) in [5.74, 6) is 1.59. The summed E-state index contributed by atoms with van der Waals surface area (Å²) >= 11 is 0. The number of hydrogen-bond donors (Lipinski definition) is 2. The van der Waals surface area contributed by atoms with Crippen LogP contribution in [0.25, 0.3) is 0 Å². The highest BCUT2D eigenvalue weighted by atomic mass is 15.1. The largest absolute Gasteiger partial charge is 0.372 e. The average molecular weight is 256 g/mol. The maximum absolute atomic E-state index is 4.40. The van der Waals surface area contributed by atoms with Gasteiger partial charge in [-0.25, -0.2) is 4.98 Å². The van der Waals surface area contributed by atoms with Crippen LogP contribution < -0.4 is 10.6 Å². The predicted octanol–water partition coefficient (Wildman–Crippen LogP) is 2.95. The van der Waals surface area contributed by atoms with E-state index in [0.717, 1.165) is 24.5 Å². The molecule has 4 heteroatoms. The van der Waals surface area contributed by atoms with E-state index in [1.54, 1.807) is 12.4 Å². The minimum absolute atomic E-state index is 0.363. The Morgan fingerprint density at radius 2 is 1.84 bits per heavy atom. The highest BCUT2D eigenvalue weighted by Gasteiger charge is 2.04. The number of hydrogen-bond acceptors (Lipinski definition) is 4. The van der Waals surface area contributed by atoms with Gasteiger partial charge >= 0.3 is 0 Å². The zero-order chi connectivity index (χ0) is 13.5. The fourth-order valence-corrected chi connectivity index (χ4v) is 1.91. The average Bonchev–Trinajstić information content (AvgIpc) is 2.46. The molecule has 0 bridgehead atoms. The second-order valence-electron chi connectivity index (χ2n) is 4.61. The number of rotatable bonds is 6. The molecule has 0 spiro atoms. The van der Waals surface area contributed by atoms with Crippen LogP contribution in [0.4, 0.5) is 11.6 Å². The van der Waals surface area contributed by atoms with Gasteiger partial charge in [0.1, 0.15) is 11.6 Å². The molecular weight excluding hydrogens is 236 g/mol. The van der Waals surface area contributed by atoms with Gasteiger partial charge in [-0.3, -0.25) is 4.98 Å². The molecule has 1 heterocycles. The van der Waals surface area contributed by atoms with Gasteiger partial charge in [-0.2, -0.15) is 0 Å². The molecule has 1 unspecified atom stereocenters. The van der Waals surface area contributed by atoms with E-state index in [2.05, 4.69) is 51.8 Å². The topological polar surface area (TPSA) is 49.8 Å². The van der Waals surface area contributed by atoms with Crippen molar-refractivity contribution in [3.8, 4) is 0 Å². The van der Waals surface area contributed by atoms with Crippen LogP contribution in [0.5, 0.6) is 0 Å². The minimum atomic E-state index is 0.363. The molecule has 0 radical (unpaired) electrons. The molecule has 2 N–H and O–H groups in total. The first-order chi connectivity index (χ1) is 9.28. The predicted molar refractivity (Wildman–Crippen MR) is 79.4 cm³/mol. The Bertz CT molecular complexity index is 499. The Balaban J connectivity index is 1.85. The van der Waals surface area contributed by atoms with Crippen LogP contribution in [-0.4, -0.2) is 23.1 Å². The highest BCUT2D eigenvalue weighted by molar-refractivity contribution is 5.41. The molecule has 19 heavy (non-hydrogen) atoms. The molecule has 1 atom stereocenters. The molecule has 0 aliphatic carbocycles. The standard InChI is InChI=1S/C15H20N4/c1-12(8-9-13-6-4-3-5-7-13)18-15-11-17-10-14(16-2)19-15/h3-7,10-12H,8-9H2,1-2H3,(H2,16,18,19). The van der Waals surface area contributed by atoms with Crippen LogP contribution >= 0.6 is 0 Å². The van der Waals surface area contributed by atoms with Gasteiger partial charge in [-0.1, -0.05) is 30.3 Å². The summed E-state index contributed by atoms with van der Waals surface area (Å²) in [6, 6.07) is 10.9. The Labute approximate surface area is 114 Å². The molecule has 1 aromatic carbocycles. The fourth-order valence-electron chi connectivity index (χ4n) is 1.91. The third kappa shape index (κ3) is 4.25. The van der Waals surface area contributed by atoms with Gasteiger partial charge in [0, 0.05) is 13.1 Å². The Kier molecular flexibility index (Phi) is 4.72. The van der Waals surface area contributed by atoms with E-state index in [1.165, 1.54) is 5.56 Å². The Morgan fingerprint density at radius 1 is 1.11 bits per heavy atom. The number of aromatic nitrogens is 2. The smallest absolute Gasteiger partial charge is 0.147 e. The molecule has 1 aromatic heterocycles. The minimum Gasteiger partial charge on any atom is -0.372 e. The van der Waals surface area contributed by atoms with Gasteiger partial charge in [-0.15, -0.1) is 0 Å². The van der Waals surface area contributed by atoms with Crippen LogP contribution in [-0.2, 0) is 6.42 Å². The zero-order valence-electron chi connectivity index (χ0n) is 11.4. The molecule has 0 amide bonds. The summed E-state index contributed by atoms with van der Waals surface area (Å²) in [6.45, 7) is 2.16. The lowest BCUT2D eigenvalue weighted by atomic mass is 10.1. The van der Waals surface area contributed by atoms with Gasteiger partial charge in [0.15, 0.2) is 0 Å². The number of nitrogens with zero attached hydrogens (tertiary/aromatic N) is 2. The van der Waals surface area contributed by atoms with E-state index in [1.807, 2.05) is 13.1 Å². The summed E-state index contributed by atoms with van der Waals surface area (Å²) in [5.41, 5.74) is 1.37. The van der Waals surface area contributed by atoms with Gasteiger partial charge in [-0.05, 0) is 25.3 Å². The summed E-state index contributed by atoms with van der Waals surface area (Å²) in [7, 11) is 1.84. The monoisotopic (exact) mass is 256 g/mol.